The third-order valence-electron chi connectivity index (χ3n) is 4.13. The first-order valence-corrected chi connectivity index (χ1v) is 7.90. The van der Waals surface area contributed by atoms with Gasteiger partial charge in [-0.2, -0.15) is 0 Å². The number of halogens is 1. The second-order valence-corrected chi connectivity index (χ2v) is 5.88. The quantitative estimate of drug-likeness (QED) is 0.847. The van der Waals surface area contributed by atoms with Crippen molar-refractivity contribution in [1.82, 2.24) is 0 Å². The third kappa shape index (κ3) is 3.87. The van der Waals surface area contributed by atoms with Crippen molar-refractivity contribution in [3.8, 4) is 0 Å². The number of anilines is 1. The van der Waals surface area contributed by atoms with Crippen LogP contribution in [0.3, 0.4) is 0 Å². The van der Waals surface area contributed by atoms with Crippen molar-refractivity contribution in [2.45, 2.75) is 38.0 Å². The van der Waals surface area contributed by atoms with Crippen molar-refractivity contribution in [1.29, 1.82) is 0 Å². The lowest BCUT2D eigenvalue weighted by Crippen LogP contribution is -2.29. The van der Waals surface area contributed by atoms with Crippen LogP contribution >= 0.6 is 11.6 Å². The molecule has 1 aromatic rings. The minimum absolute atomic E-state index is 0.0847. The molecule has 1 aromatic carbocycles. The largest absolute Gasteiger partial charge is 0.395 e. The third-order valence-corrected chi connectivity index (χ3v) is 4.47. The van der Waals surface area contributed by atoms with Crippen molar-refractivity contribution < 1.29 is 10.2 Å². The summed E-state index contributed by atoms with van der Waals surface area (Å²) in [6, 6.07) is 6.06. The molecule has 0 spiro atoms. The average molecular weight is 298 g/mol. The number of rotatable bonds is 6. The van der Waals surface area contributed by atoms with Crippen LogP contribution in [0.15, 0.2) is 18.2 Å². The lowest BCUT2D eigenvalue weighted by Gasteiger charge is -2.27. The Morgan fingerprint density at radius 1 is 1.05 bits per heavy atom. The lowest BCUT2D eigenvalue weighted by molar-refractivity contribution is 0.281. The molecular formula is C16H24ClNO2. The second kappa shape index (κ2) is 7.87. The molecule has 2 rings (SSSR count). The van der Waals surface area contributed by atoms with Gasteiger partial charge in [-0.3, -0.25) is 0 Å². The Morgan fingerprint density at radius 3 is 2.30 bits per heavy atom. The van der Waals surface area contributed by atoms with Gasteiger partial charge in [0.05, 0.1) is 13.2 Å². The van der Waals surface area contributed by atoms with Crippen molar-refractivity contribution in [2.24, 2.45) is 0 Å². The molecule has 3 nitrogen and oxygen atoms in total. The number of aliphatic hydroxyl groups excluding tert-OH is 2. The molecule has 0 saturated heterocycles. The maximum atomic E-state index is 9.15. The summed E-state index contributed by atoms with van der Waals surface area (Å²) in [5.74, 6) is 0.557. The molecule has 0 unspecified atom stereocenters. The summed E-state index contributed by atoms with van der Waals surface area (Å²) in [7, 11) is 0. The highest BCUT2D eigenvalue weighted by Gasteiger charge is 2.19. The van der Waals surface area contributed by atoms with Crippen molar-refractivity contribution in [3.05, 3.63) is 28.8 Å². The van der Waals surface area contributed by atoms with Gasteiger partial charge >= 0.3 is 0 Å². The van der Waals surface area contributed by atoms with Gasteiger partial charge in [-0.25, -0.2) is 0 Å². The van der Waals surface area contributed by atoms with Gasteiger partial charge in [0.2, 0.25) is 0 Å². The summed E-state index contributed by atoms with van der Waals surface area (Å²) in [5.41, 5.74) is 2.27. The Morgan fingerprint density at radius 2 is 1.70 bits per heavy atom. The van der Waals surface area contributed by atoms with Gasteiger partial charge in [0, 0.05) is 23.8 Å². The van der Waals surface area contributed by atoms with Crippen LogP contribution in [0.5, 0.6) is 0 Å². The zero-order valence-electron chi connectivity index (χ0n) is 11.9. The molecule has 1 aliphatic rings. The molecule has 0 heterocycles. The monoisotopic (exact) mass is 297 g/mol. The Balaban J connectivity index is 2.21. The van der Waals surface area contributed by atoms with E-state index in [0.717, 1.165) is 10.7 Å². The molecule has 0 aromatic heterocycles. The number of hydrogen-bond donors (Lipinski definition) is 2. The maximum absolute atomic E-state index is 9.15. The van der Waals surface area contributed by atoms with Gasteiger partial charge in [0.25, 0.3) is 0 Å². The lowest BCUT2D eigenvalue weighted by atomic mass is 9.84. The van der Waals surface area contributed by atoms with E-state index in [1.165, 1.54) is 37.7 Å². The van der Waals surface area contributed by atoms with Crippen LogP contribution in [-0.2, 0) is 0 Å². The predicted octanol–water partition coefficient (Wildman–Crippen LogP) is 3.18. The zero-order valence-corrected chi connectivity index (χ0v) is 12.6. The molecule has 2 N–H and O–H groups in total. The van der Waals surface area contributed by atoms with E-state index in [0.29, 0.717) is 19.0 Å². The second-order valence-electron chi connectivity index (χ2n) is 5.48. The van der Waals surface area contributed by atoms with Gasteiger partial charge in [0.15, 0.2) is 0 Å². The molecular weight excluding hydrogens is 274 g/mol. The summed E-state index contributed by atoms with van der Waals surface area (Å²) in [5, 5.41) is 19.1. The Hall–Kier alpha value is -0.770. The van der Waals surface area contributed by atoms with E-state index < -0.39 is 0 Å². The molecule has 0 amide bonds. The molecule has 0 aliphatic heterocycles. The summed E-state index contributed by atoms with van der Waals surface area (Å²) in [6.45, 7) is 1.24. The van der Waals surface area contributed by atoms with Crippen molar-refractivity contribution in [3.63, 3.8) is 0 Å². The van der Waals surface area contributed by atoms with E-state index in [1.54, 1.807) is 0 Å². The van der Waals surface area contributed by atoms with E-state index in [-0.39, 0.29) is 13.2 Å². The van der Waals surface area contributed by atoms with Gasteiger partial charge in [-0.15, -0.1) is 0 Å². The van der Waals surface area contributed by atoms with Crippen LogP contribution in [0.25, 0.3) is 0 Å². The van der Waals surface area contributed by atoms with Gasteiger partial charge < -0.3 is 15.1 Å². The Bertz CT molecular complexity index is 413. The molecule has 1 aliphatic carbocycles. The van der Waals surface area contributed by atoms with Crippen LogP contribution in [0.2, 0.25) is 5.02 Å². The summed E-state index contributed by atoms with van der Waals surface area (Å²) < 4.78 is 0. The highest BCUT2D eigenvalue weighted by atomic mass is 35.5. The average Bonchev–Trinajstić information content (AvgIpc) is 2.48. The van der Waals surface area contributed by atoms with Crippen LogP contribution in [0.4, 0.5) is 5.69 Å². The van der Waals surface area contributed by atoms with Crippen molar-refractivity contribution in [2.75, 3.05) is 31.2 Å². The predicted molar refractivity (Wildman–Crippen MR) is 83.7 cm³/mol. The number of hydrogen-bond acceptors (Lipinski definition) is 3. The van der Waals surface area contributed by atoms with E-state index in [4.69, 9.17) is 21.8 Å². The molecule has 4 heteroatoms. The molecule has 1 fully saturated rings. The van der Waals surface area contributed by atoms with Crippen LogP contribution in [0.1, 0.15) is 43.6 Å². The molecule has 0 bridgehead atoms. The van der Waals surface area contributed by atoms with E-state index in [2.05, 4.69) is 6.07 Å². The molecule has 0 radical (unpaired) electrons. The normalized spacial score (nSPS) is 16.4. The number of nitrogens with zero attached hydrogens (tertiary/aromatic N) is 1. The van der Waals surface area contributed by atoms with Crippen molar-refractivity contribution >= 4 is 17.3 Å². The summed E-state index contributed by atoms with van der Waals surface area (Å²) in [6.07, 6.45) is 6.31. The Labute approximate surface area is 126 Å². The molecule has 0 atom stereocenters. The summed E-state index contributed by atoms with van der Waals surface area (Å²) in [4.78, 5) is 2.00. The van der Waals surface area contributed by atoms with Gasteiger partial charge in [-0.05, 0) is 42.5 Å². The fourth-order valence-corrected chi connectivity index (χ4v) is 3.34. The standard InChI is InChI=1S/C16H24ClNO2/c17-16-7-6-14(18(8-10-19)9-11-20)12-15(16)13-4-2-1-3-5-13/h6-7,12-13,19-20H,1-5,8-11H2. The fraction of sp³-hybridized carbons (Fsp3) is 0.625. The van der Waals surface area contributed by atoms with Crippen LogP contribution in [0, 0.1) is 0 Å². The number of benzene rings is 1. The minimum Gasteiger partial charge on any atom is -0.395 e. The maximum Gasteiger partial charge on any atom is 0.0606 e. The first-order valence-electron chi connectivity index (χ1n) is 7.52. The van der Waals surface area contributed by atoms with E-state index in [9.17, 15) is 0 Å². The summed E-state index contributed by atoms with van der Waals surface area (Å²) >= 11 is 6.37. The highest BCUT2D eigenvalue weighted by molar-refractivity contribution is 6.31. The smallest absolute Gasteiger partial charge is 0.0606 e. The SMILES string of the molecule is OCCN(CCO)c1ccc(Cl)c(C2CCCCC2)c1. The number of aliphatic hydroxyl groups is 2. The van der Waals surface area contributed by atoms with Gasteiger partial charge in [-0.1, -0.05) is 30.9 Å². The topological polar surface area (TPSA) is 43.7 Å². The fourth-order valence-electron chi connectivity index (χ4n) is 3.07. The van der Waals surface area contributed by atoms with Gasteiger partial charge in [0.1, 0.15) is 0 Å². The van der Waals surface area contributed by atoms with E-state index in [1.807, 2.05) is 17.0 Å². The van der Waals surface area contributed by atoms with Crippen LogP contribution in [-0.4, -0.2) is 36.5 Å². The molecule has 1 saturated carbocycles. The van der Waals surface area contributed by atoms with E-state index >= 15 is 0 Å². The first kappa shape index (κ1) is 15.6. The molecule has 112 valence electrons. The highest BCUT2D eigenvalue weighted by Crippen LogP contribution is 2.38. The minimum atomic E-state index is 0.0847. The molecule has 20 heavy (non-hydrogen) atoms. The Kier molecular flexibility index (Phi) is 6.14. The first-order chi connectivity index (χ1) is 9.76. The van der Waals surface area contributed by atoms with Crippen LogP contribution < -0.4 is 4.90 Å². The zero-order chi connectivity index (χ0) is 14.4.